The van der Waals surface area contributed by atoms with Crippen LogP contribution in [0.15, 0.2) is 53.4 Å². The fourth-order valence-corrected chi connectivity index (χ4v) is 5.08. The standard InChI is InChI=1S/C31H48OS/c1-3-5-7-9-11-12-14-16-26-32-30-22-18-28(19-23-30)29-20-24-31(25-21-29)33-27-17-15-13-10-8-6-4-2/h18-25H,3-17,26-27H2,1-2H3. The van der Waals surface area contributed by atoms with E-state index in [1.54, 1.807) is 0 Å². The van der Waals surface area contributed by atoms with E-state index in [-0.39, 0.29) is 0 Å². The van der Waals surface area contributed by atoms with Crippen molar-refractivity contribution in [1.29, 1.82) is 0 Å². The third-order valence-electron chi connectivity index (χ3n) is 6.33. The molecule has 0 fully saturated rings. The summed E-state index contributed by atoms with van der Waals surface area (Å²) in [6, 6.07) is 17.6. The molecule has 2 heteroatoms. The molecule has 0 aliphatic heterocycles. The summed E-state index contributed by atoms with van der Waals surface area (Å²) in [4.78, 5) is 1.38. The molecule has 184 valence electrons. The second-order valence-corrected chi connectivity index (χ2v) is 10.5. The maximum Gasteiger partial charge on any atom is 0.119 e. The fourth-order valence-electron chi connectivity index (χ4n) is 4.16. The summed E-state index contributed by atoms with van der Waals surface area (Å²) < 4.78 is 5.95. The van der Waals surface area contributed by atoms with Crippen molar-refractivity contribution in [3.05, 3.63) is 48.5 Å². The number of benzene rings is 2. The van der Waals surface area contributed by atoms with Gasteiger partial charge in [0, 0.05) is 4.90 Å². The van der Waals surface area contributed by atoms with E-state index in [2.05, 4.69) is 62.4 Å². The van der Waals surface area contributed by atoms with Crippen molar-refractivity contribution in [2.75, 3.05) is 12.4 Å². The Balaban J connectivity index is 1.59. The van der Waals surface area contributed by atoms with Crippen molar-refractivity contribution >= 4 is 11.8 Å². The third kappa shape index (κ3) is 13.2. The molecule has 0 bridgehead atoms. The lowest BCUT2D eigenvalue weighted by Gasteiger charge is -2.08. The van der Waals surface area contributed by atoms with Crippen LogP contribution in [0.3, 0.4) is 0 Å². The Morgan fingerprint density at radius 3 is 1.52 bits per heavy atom. The number of rotatable bonds is 20. The van der Waals surface area contributed by atoms with E-state index < -0.39 is 0 Å². The Kier molecular flexibility index (Phi) is 16.0. The summed E-state index contributed by atoms with van der Waals surface area (Å²) in [5, 5.41) is 0. The van der Waals surface area contributed by atoms with Crippen LogP contribution in [0.2, 0.25) is 0 Å². The van der Waals surface area contributed by atoms with Crippen LogP contribution < -0.4 is 4.74 Å². The topological polar surface area (TPSA) is 9.23 Å². The van der Waals surface area contributed by atoms with Gasteiger partial charge in [0.25, 0.3) is 0 Å². The van der Waals surface area contributed by atoms with Gasteiger partial charge in [-0.1, -0.05) is 122 Å². The quantitative estimate of drug-likeness (QED) is 0.141. The van der Waals surface area contributed by atoms with Crippen molar-refractivity contribution in [1.82, 2.24) is 0 Å². The monoisotopic (exact) mass is 468 g/mol. The van der Waals surface area contributed by atoms with Gasteiger partial charge < -0.3 is 4.74 Å². The predicted molar refractivity (Wildman–Crippen MR) is 149 cm³/mol. The van der Waals surface area contributed by atoms with Crippen molar-refractivity contribution < 1.29 is 4.74 Å². The second kappa shape index (κ2) is 19.0. The largest absolute Gasteiger partial charge is 0.494 e. The smallest absolute Gasteiger partial charge is 0.119 e. The molecule has 0 radical (unpaired) electrons. The van der Waals surface area contributed by atoms with Gasteiger partial charge >= 0.3 is 0 Å². The normalized spacial score (nSPS) is 11.1. The Morgan fingerprint density at radius 2 is 0.970 bits per heavy atom. The van der Waals surface area contributed by atoms with Gasteiger partial charge in [0.1, 0.15) is 5.75 Å². The summed E-state index contributed by atoms with van der Waals surface area (Å²) in [6.45, 7) is 5.39. The molecule has 0 spiro atoms. The summed E-state index contributed by atoms with van der Waals surface area (Å²) in [7, 11) is 0. The summed E-state index contributed by atoms with van der Waals surface area (Å²) >= 11 is 1.99. The highest BCUT2D eigenvalue weighted by Gasteiger charge is 2.01. The molecule has 0 atom stereocenters. The lowest BCUT2D eigenvalue weighted by atomic mass is 10.1. The minimum absolute atomic E-state index is 0.832. The Morgan fingerprint density at radius 1 is 0.515 bits per heavy atom. The van der Waals surface area contributed by atoms with Gasteiger partial charge in [-0.05, 0) is 54.0 Å². The van der Waals surface area contributed by atoms with Gasteiger partial charge in [-0.25, -0.2) is 0 Å². The summed E-state index contributed by atoms with van der Waals surface area (Å²) in [5.41, 5.74) is 2.54. The molecule has 0 heterocycles. The third-order valence-corrected chi connectivity index (χ3v) is 7.42. The van der Waals surface area contributed by atoms with Gasteiger partial charge in [0.2, 0.25) is 0 Å². The summed E-state index contributed by atoms with van der Waals surface area (Å²) in [6.07, 6.45) is 20.4. The van der Waals surface area contributed by atoms with Crippen LogP contribution in [0.1, 0.15) is 110 Å². The fraction of sp³-hybridized carbons (Fsp3) is 0.613. The van der Waals surface area contributed by atoms with E-state index >= 15 is 0 Å². The molecule has 2 rings (SSSR count). The van der Waals surface area contributed by atoms with E-state index in [1.165, 1.54) is 112 Å². The highest BCUT2D eigenvalue weighted by Crippen LogP contribution is 2.26. The first kappa shape index (κ1) is 27.8. The highest BCUT2D eigenvalue weighted by molar-refractivity contribution is 7.99. The van der Waals surface area contributed by atoms with Crippen molar-refractivity contribution in [2.45, 2.75) is 115 Å². The van der Waals surface area contributed by atoms with Crippen LogP contribution >= 0.6 is 11.8 Å². The van der Waals surface area contributed by atoms with Crippen molar-refractivity contribution in [3.8, 4) is 16.9 Å². The minimum Gasteiger partial charge on any atom is -0.494 e. The lowest BCUT2D eigenvalue weighted by Crippen LogP contribution is -1.97. The molecule has 0 saturated carbocycles. The van der Waals surface area contributed by atoms with E-state index in [0.717, 1.165) is 18.8 Å². The molecule has 1 nitrogen and oxygen atoms in total. The first-order valence-electron chi connectivity index (χ1n) is 13.8. The van der Waals surface area contributed by atoms with Gasteiger partial charge in [-0.2, -0.15) is 0 Å². The molecule has 0 N–H and O–H groups in total. The van der Waals surface area contributed by atoms with Crippen LogP contribution in [0, 0.1) is 0 Å². The maximum absolute atomic E-state index is 5.95. The second-order valence-electron chi connectivity index (χ2n) is 9.34. The molecule has 0 unspecified atom stereocenters. The zero-order valence-electron chi connectivity index (χ0n) is 21.5. The minimum atomic E-state index is 0.832. The molecule has 2 aromatic rings. The van der Waals surface area contributed by atoms with Gasteiger partial charge in [-0.15, -0.1) is 11.8 Å². The molecule has 0 saturated heterocycles. The maximum atomic E-state index is 5.95. The number of hydrogen-bond donors (Lipinski definition) is 0. The zero-order chi connectivity index (χ0) is 23.4. The number of unbranched alkanes of at least 4 members (excludes halogenated alkanes) is 13. The number of thioether (sulfide) groups is 1. The van der Waals surface area contributed by atoms with Crippen LogP contribution in [-0.2, 0) is 0 Å². The molecule has 0 aliphatic carbocycles. The van der Waals surface area contributed by atoms with Crippen molar-refractivity contribution in [2.24, 2.45) is 0 Å². The van der Waals surface area contributed by atoms with E-state index in [0.29, 0.717) is 0 Å². The summed E-state index contributed by atoms with van der Waals surface area (Å²) in [5.74, 6) is 2.22. The van der Waals surface area contributed by atoms with E-state index in [1.807, 2.05) is 11.8 Å². The average molecular weight is 469 g/mol. The molecule has 0 amide bonds. The van der Waals surface area contributed by atoms with Crippen LogP contribution in [0.25, 0.3) is 11.1 Å². The molecule has 0 aliphatic rings. The molecular formula is C31H48OS. The Hall–Kier alpha value is -1.41. The molecule has 33 heavy (non-hydrogen) atoms. The molecule has 0 aromatic heterocycles. The van der Waals surface area contributed by atoms with Gasteiger partial charge in [0.15, 0.2) is 0 Å². The molecule has 2 aromatic carbocycles. The predicted octanol–water partition coefficient (Wildman–Crippen LogP) is 10.7. The van der Waals surface area contributed by atoms with E-state index in [4.69, 9.17) is 4.74 Å². The average Bonchev–Trinajstić information content (AvgIpc) is 2.85. The van der Waals surface area contributed by atoms with E-state index in [9.17, 15) is 0 Å². The SMILES string of the molecule is CCCCCCCCCCOc1ccc(-c2ccc(SCCCCCCCCC)cc2)cc1. The van der Waals surface area contributed by atoms with Crippen LogP contribution in [0.4, 0.5) is 0 Å². The van der Waals surface area contributed by atoms with Gasteiger partial charge in [0.05, 0.1) is 6.61 Å². The zero-order valence-corrected chi connectivity index (χ0v) is 22.3. The van der Waals surface area contributed by atoms with Gasteiger partial charge in [-0.3, -0.25) is 0 Å². The Bertz CT molecular complexity index is 692. The number of hydrogen-bond acceptors (Lipinski definition) is 2. The van der Waals surface area contributed by atoms with Crippen LogP contribution in [-0.4, -0.2) is 12.4 Å². The van der Waals surface area contributed by atoms with Crippen LogP contribution in [0.5, 0.6) is 5.75 Å². The first-order chi connectivity index (χ1) is 16.3. The van der Waals surface area contributed by atoms with Crippen molar-refractivity contribution in [3.63, 3.8) is 0 Å². The lowest BCUT2D eigenvalue weighted by molar-refractivity contribution is 0.304. The highest BCUT2D eigenvalue weighted by atomic mass is 32.2. The Labute approximate surface area is 209 Å². The molecular weight excluding hydrogens is 420 g/mol. The number of ether oxygens (including phenoxy) is 1. The first-order valence-corrected chi connectivity index (χ1v) is 14.8.